The summed E-state index contributed by atoms with van der Waals surface area (Å²) in [6, 6.07) is 17.9. The molecular formula is C19H18N6O. The van der Waals surface area contributed by atoms with Gasteiger partial charge in [-0.25, -0.2) is 4.99 Å². The molecule has 0 fully saturated rings. The van der Waals surface area contributed by atoms with Gasteiger partial charge in [-0.15, -0.1) is 0 Å². The number of guanidine groups is 1. The highest BCUT2D eigenvalue weighted by Crippen LogP contribution is 2.26. The molecule has 0 aliphatic carbocycles. The zero-order valence-corrected chi connectivity index (χ0v) is 13.9. The summed E-state index contributed by atoms with van der Waals surface area (Å²) in [6.07, 6.45) is 0. The molecule has 26 heavy (non-hydrogen) atoms. The normalized spacial score (nSPS) is 10.3. The number of anilines is 1. The van der Waals surface area contributed by atoms with Crippen LogP contribution >= 0.6 is 0 Å². The summed E-state index contributed by atoms with van der Waals surface area (Å²) in [4.78, 5) is 16.7. The first-order valence-electron chi connectivity index (χ1n) is 7.83. The van der Waals surface area contributed by atoms with Gasteiger partial charge in [0.2, 0.25) is 0 Å². The molecule has 3 aromatic rings. The van der Waals surface area contributed by atoms with Crippen molar-refractivity contribution in [2.75, 3.05) is 5.32 Å². The quantitative estimate of drug-likeness (QED) is 0.364. The van der Waals surface area contributed by atoms with E-state index in [0.717, 1.165) is 10.8 Å². The lowest BCUT2D eigenvalue weighted by atomic mass is 10.0. The maximum absolute atomic E-state index is 12.8. The summed E-state index contributed by atoms with van der Waals surface area (Å²) in [5, 5.41) is 12.5. The van der Waals surface area contributed by atoms with Crippen LogP contribution in [-0.2, 0) is 0 Å². The Balaban J connectivity index is 2.04. The van der Waals surface area contributed by atoms with Crippen molar-refractivity contribution in [2.45, 2.75) is 0 Å². The molecule has 0 atom stereocenters. The Morgan fingerprint density at radius 3 is 2.15 bits per heavy atom. The predicted octanol–water partition coefficient (Wildman–Crippen LogP) is 2.28. The van der Waals surface area contributed by atoms with E-state index in [4.69, 9.17) is 22.6 Å². The highest BCUT2D eigenvalue weighted by molar-refractivity contribution is 6.13. The molecule has 0 aliphatic rings. The average molecular weight is 346 g/mol. The van der Waals surface area contributed by atoms with Crippen molar-refractivity contribution < 1.29 is 4.79 Å². The first kappa shape index (κ1) is 17.0. The topological polar surface area (TPSA) is 143 Å². The van der Waals surface area contributed by atoms with Crippen LogP contribution in [0, 0.1) is 5.41 Å². The number of hydrogen-bond donors (Lipinski definition) is 5. The molecule has 130 valence electrons. The number of nitrogens with zero attached hydrogens (tertiary/aromatic N) is 1. The van der Waals surface area contributed by atoms with Crippen LogP contribution in [0.15, 0.2) is 65.7 Å². The van der Waals surface area contributed by atoms with E-state index in [1.54, 1.807) is 36.4 Å². The van der Waals surface area contributed by atoms with Gasteiger partial charge in [0.1, 0.15) is 5.84 Å². The lowest BCUT2D eigenvalue weighted by molar-refractivity contribution is 0.102. The third-order valence-corrected chi connectivity index (χ3v) is 3.82. The monoisotopic (exact) mass is 346 g/mol. The van der Waals surface area contributed by atoms with Gasteiger partial charge in [0.05, 0.1) is 16.9 Å². The van der Waals surface area contributed by atoms with Crippen LogP contribution in [-0.4, -0.2) is 17.7 Å². The molecule has 0 heterocycles. The lowest BCUT2D eigenvalue weighted by Gasteiger charge is -2.13. The van der Waals surface area contributed by atoms with Gasteiger partial charge in [-0.1, -0.05) is 36.4 Å². The second-order valence-corrected chi connectivity index (χ2v) is 5.67. The number of fused-ring (bicyclic) bond motifs is 1. The number of amides is 1. The van der Waals surface area contributed by atoms with Gasteiger partial charge in [-0.2, -0.15) is 0 Å². The molecule has 3 aromatic carbocycles. The first-order valence-corrected chi connectivity index (χ1v) is 7.83. The van der Waals surface area contributed by atoms with Gasteiger partial charge in [0.25, 0.3) is 5.91 Å². The van der Waals surface area contributed by atoms with Crippen molar-refractivity contribution in [3.8, 4) is 0 Å². The maximum Gasteiger partial charge on any atom is 0.257 e. The molecule has 0 radical (unpaired) electrons. The summed E-state index contributed by atoms with van der Waals surface area (Å²) in [5.74, 6) is -0.674. The van der Waals surface area contributed by atoms with Crippen molar-refractivity contribution in [1.82, 2.24) is 0 Å². The molecule has 8 N–H and O–H groups in total. The highest BCUT2D eigenvalue weighted by atomic mass is 16.1. The molecule has 0 aliphatic heterocycles. The van der Waals surface area contributed by atoms with E-state index in [0.29, 0.717) is 22.5 Å². The molecular weight excluding hydrogens is 328 g/mol. The Morgan fingerprint density at radius 1 is 0.885 bits per heavy atom. The van der Waals surface area contributed by atoms with Gasteiger partial charge in [-0.3, -0.25) is 10.2 Å². The number of benzene rings is 3. The number of nitrogens with two attached hydrogens (primary N) is 3. The zero-order valence-electron chi connectivity index (χ0n) is 13.9. The number of para-hydroxylation sites is 1. The summed E-state index contributed by atoms with van der Waals surface area (Å²) >= 11 is 0. The Morgan fingerprint density at radius 2 is 1.50 bits per heavy atom. The summed E-state index contributed by atoms with van der Waals surface area (Å²) < 4.78 is 0. The highest BCUT2D eigenvalue weighted by Gasteiger charge is 2.15. The molecule has 0 saturated heterocycles. The van der Waals surface area contributed by atoms with E-state index >= 15 is 0 Å². The Bertz CT molecular complexity index is 1040. The molecule has 7 nitrogen and oxygen atoms in total. The fourth-order valence-corrected chi connectivity index (χ4v) is 2.66. The van der Waals surface area contributed by atoms with E-state index in [9.17, 15) is 4.79 Å². The van der Waals surface area contributed by atoms with Gasteiger partial charge >= 0.3 is 0 Å². The number of carbonyl (C=O) groups is 1. The van der Waals surface area contributed by atoms with E-state index in [1.807, 2.05) is 24.3 Å². The number of amidine groups is 1. The number of carbonyl (C=O) groups excluding carboxylic acids is 1. The summed E-state index contributed by atoms with van der Waals surface area (Å²) in [7, 11) is 0. The van der Waals surface area contributed by atoms with E-state index in [1.165, 1.54) is 0 Å². The number of hydrogen-bond acceptors (Lipinski definition) is 3. The average Bonchev–Trinajstić information content (AvgIpc) is 2.60. The van der Waals surface area contributed by atoms with Gasteiger partial charge in [0, 0.05) is 5.56 Å². The SMILES string of the molecule is N=C(N)c1cc2ccccc2cc1NC(=O)c1ccccc1N=C(N)N. The third-order valence-electron chi connectivity index (χ3n) is 3.82. The maximum atomic E-state index is 12.8. The van der Waals surface area contributed by atoms with E-state index in [-0.39, 0.29) is 11.8 Å². The van der Waals surface area contributed by atoms with Crippen molar-refractivity contribution in [3.63, 3.8) is 0 Å². The second-order valence-electron chi connectivity index (χ2n) is 5.67. The van der Waals surface area contributed by atoms with E-state index < -0.39 is 5.91 Å². The van der Waals surface area contributed by atoms with Gasteiger partial charge in [0.15, 0.2) is 5.96 Å². The minimum absolute atomic E-state index is 0.136. The predicted molar refractivity (Wildman–Crippen MR) is 105 cm³/mol. The standard InChI is InChI=1S/C19H18N6O/c20-17(21)14-9-11-5-1-2-6-12(11)10-16(14)24-18(26)13-7-3-4-8-15(13)25-19(22)23/h1-10H,(H3,20,21)(H,24,26)(H4,22,23,25). The molecule has 0 saturated carbocycles. The van der Waals surface area contributed by atoms with Gasteiger partial charge < -0.3 is 22.5 Å². The molecule has 0 bridgehead atoms. The Kier molecular flexibility index (Phi) is 4.53. The first-order chi connectivity index (χ1) is 12.5. The van der Waals surface area contributed by atoms with Gasteiger partial charge in [-0.05, 0) is 35.0 Å². The van der Waals surface area contributed by atoms with Crippen LogP contribution in [0.3, 0.4) is 0 Å². The minimum Gasteiger partial charge on any atom is -0.384 e. The zero-order chi connectivity index (χ0) is 18.7. The molecule has 7 heteroatoms. The van der Waals surface area contributed by atoms with Crippen LogP contribution in [0.25, 0.3) is 10.8 Å². The third kappa shape index (κ3) is 3.46. The number of aliphatic imine (C=N–C) groups is 1. The second kappa shape index (κ2) is 6.94. The number of nitrogen functional groups attached to an aromatic ring is 1. The number of rotatable bonds is 4. The molecule has 1 amide bonds. The largest absolute Gasteiger partial charge is 0.384 e. The molecule has 0 spiro atoms. The smallest absolute Gasteiger partial charge is 0.257 e. The van der Waals surface area contributed by atoms with Crippen molar-refractivity contribution >= 4 is 39.8 Å². The molecule has 0 aromatic heterocycles. The van der Waals surface area contributed by atoms with Crippen LogP contribution in [0.4, 0.5) is 11.4 Å². The lowest BCUT2D eigenvalue weighted by Crippen LogP contribution is -2.22. The fourth-order valence-electron chi connectivity index (χ4n) is 2.66. The van der Waals surface area contributed by atoms with E-state index in [2.05, 4.69) is 10.3 Å². The summed E-state index contributed by atoms with van der Waals surface area (Å²) in [5.41, 5.74) is 18.1. The van der Waals surface area contributed by atoms with Crippen molar-refractivity contribution in [3.05, 3.63) is 71.8 Å². The Hall–Kier alpha value is -3.87. The fraction of sp³-hybridized carbons (Fsp3) is 0. The Labute approximate surface area is 150 Å². The molecule has 3 rings (SSSR count). The van der Waals surface area contributed by atoms with Crippen LogP contribution in [0.2, 0.25) is 0 Å². The van der Waals surface area contributed by atoms with Crippen molar-refractivity contribution in [2.24, 2.45) is 22.2 Å². The summed E-state index contributed by atoms with van der Waals surface area (Å²) in [6.45, 7) is 0. The number of nitrogens with one attached hydrogen (secondary N) is 2. The van der Waals surface area contributed by atoms with Crippen LogP contribution in [0.1, 0.15) is 15.9 Å². The molecule has 0 unspecified atom stereocenters. The van der Waals surface area contributed by atoms with Crippen LogP contribution in [0.5, 0.6) is 0 Å². The van der Waals surface area contributed by atoms with Crippen LogP contribution < -0.4 is 22.5 Å². The van der Waals surface area contributed by atoms with Crippen molar-refractivity contribution in [1.29, 1.82) is 5.41 Å². The minimum atomic E-state index is -0.400.